The van der Waals surface area contributed by atoms with E-state index < -0.39 is 0 Å². The van der Waals surface area contributed by atoms with Gasteiger partial charge in [0.1, 0.15) is 5.82 Å². The molecule has 0 saturated heterocycles. The highest BCUT2D eigenvalue weighted by Crippen LogP contribution is 2.46. The third-order valence-electron chi connectivity index (χ3n) is 11.4. The molecule has 56 heavy (non-hydrogen) atoms. The van der Waals surface area contributed by atoms with Crippen LogP contribution in [0.4, 0.5) is 17.2 Å². The summed E-state index contributed by atoms with van der Waals surface area (Å²) < 4.78 is 0. The van der Waals surface area contributed by atoms with E-state index >= 15 is 0 Å². The van der Waals surface area contributed by atoms with Crippen molar-refractivity contribution >= 4 is 39.0 Å². The average molecular weight is 731 g/mol. The molecule has 5 aromatic carbocycles. The molecule has 0 saturated carbocycles. The fraction of sp³-hybridized carbons (Fsp3) is 0.231. The van der Waals surface area contributed by atoms with Crippen molar-refractivity contribution in [2.75, 3.05) is 4.90 Å². The van der Waals surface area contributed by atoms with Gasteiger partial charge >= 0.3 is 0 Å². The first kappa shape index (κ1) is 35.7. The van der Waals surface area contributed by atoms with Gasteiger partial charge in [0, 0.05) is 38.8 Å². The lowest BCUT2D eigenvalue weighted by atomic mass is 9.83. The van der Waals surface area contributed by atoms with Gasteiger partial charge in [-0.15, -0.1) is 0 Å². The van der Waals surface area contributed by atoms with Crippen molar-refractivity contribution in [3.05, 3.63) is 150 Å². The Morgan fingerprint density at radius 2 is 0.964 bits per heavy atom. The zero-order valence-electron chi connectivity index (χ0n) is 34.0. The number of pyridine rings is 2. The predicted molar refractivity (Wildman–Crippen MR) is 237 cm³/mol. The van der Waals surface area contributed by atoms with Crippen molar-refractivity contribution in [2.24, 2.45) is 0 Å². The van der Waals surface area contributed by atoms with E-state index in [1.54, 1.807) is 0 Å². The molecule has 8 bridgehead atoms. The summed E-state index contributed by atoms with van der Waals surface area (Å²) in [7, 11) is 0. The SMILES string of the molecule is CC(C)(C)c1cc2cc(c1)N(c1ccccc1)c1cc(-c3ccccc3)cc(n1)-c1cc(C(C)(C)C)cc3c1[nH]c1c(cc(C(C)(C)C)cc13)-c1cccc-2n1. The summed E-state index contributed by atoms with van der Waals surface area (Å²) in [6.07, 6.45) is 0. The number of anilines is 3. The smallest absolute Gasteiger partial charge is 0.138 e. The van der Waals surface area contributed by atoms with Gasteiger partial charge in [-0.1, -0.05) is 117 Å². The summed E-state index contributed by atoms with van der Waals surface area (Å²) in [5, 5.41) is 2.41. The Labute approximate surface area is 331 Å². The molecule has 4 heterocycles. The third-order valence-corrected chi connectivity index (χ3v) is 11.4. The van der Waals surface area contributed by atoms with E-state index in [1.807, 2.05) is 0 Å². The number of fused-ring (bicyclic) bond motifs is 10. The Morgan fingerprint density at radius 3 is 1.57 bits per heavy atom. The van der Waals surface area contributed by atoms with E-state index in [0.29, 0.717) is 0 Å². The van der Waals surface area contributed by atoms with Crippen molar-refractivity contribution in [3.8, 4) is 44.9 Å². The first-order valence-corrected chi connectivity index (χ1v) is 19.8. The van der Waals surface area contributed by atoms with Crippen LogP contribution in [0.3, 0.4) is 0 Å². The molecule has 1 N–H and O–H groups in total. The second kappa shape index (κ2) is 12.8. The van der Waals surface area contributed by atoms with Crippen LogP contribution in [0, 0.1) is 0 Å². The number of hydrogen-bond donors (Lipinski definition) is 1. The number of H-pyrrole nitrogens is 1. The molecular weight excluding hydrogens is 681 g/mol. The van der Waals surface area contributed by atoms with Crippen molar-refractivity contribution in [2.45, 2.75) is 78.6 Å². The summed E-state index contributed by atoms with van der Waals surface area (Å²) in [6, 6.07) is 48.8. The highest BCUT2D eigenvalue weighted by molar-refractivity contribution is 6.16. The van der Waals surface area contributed by atoms with Gasteiger partial charge in [0.05, 0.1) is 28.1 Å². The molecule has 0 fully saturated rings. The standard InChI is InChI=1S/C52H50N4/c1-50(2,3)35-23-34-24-39(27-35)56(38-19-14-11-15-20-38)47-26-33(32-17-12-10-13-18-32)25-46(54-47)43-31-37(52(7,8)9)29-41-40-28-36(51(4,5)6)30-42(48(40)55-49(41)43)45-22-16-21-44(34)53-45/h10-31,55H,1-9H3. The van der Waals surface area contributed by atoms with Crippen molar-refractivity contribution < 1.29 is 0 Å². The second-order valence-corrected chi connectivity index (χ2v) is 18.6. The van der Waals surface area contributed by atoms with Gasteiger partial charge in [-0.3, -0.25) is 4.90 Å². The molecule has 0 radical (unpaired) electrons. The van der Waals surface area contributed by atoms with E-state index in [2.05, 4.69) is 206 Å². The number of rotatable bonds is 2. The molecule has 1 aliphatic rings. The highest BCUT2D eigenvalue weighted by atomic mass is 15.2. The number of para-hydroxylation sites is 1. The minimum Gasteiger partial charge on any atom is -0.353 e. The molecule has 0 amide bonds. The third kappa shape index (κ3) is 6.27. The summed E-state index contributed by atoms with van der Waals surface area (Å²) in [5.74, 6) is 0.849. The summed E-state index contributed by atoms with van der Waals surface area (Å²) >= 11 is 0. The van der Waals surface area contributed by atoms with E-state index in [4.69, 9.17) is 9.97 Å². The number of aromatic amines is 1. The largest absolute Gasteiger partial charge is 0.353 e. The normalized spacial score (nSPS) is 13.1. The molecule has 4 nitrogen and oxygen atoms in total. The van der Waals surface area contributed by atoms with Gasteiger partial charge in [0.25, 0.3) is 0 Å². The van der Waals surface area contributed by atoms with Crippen LogP contribution >= 0.6 is 0 Å². The topological polar surface area (TPSA) is 44.8 Å². The van der Waals surface area contributed by atoms with Gasteiger partial charge < -0.3 is 4.98 Å². The predicted octanol–water partition coefficient (Wildman–Crippen LogP) is 14.5. The van der Waals surface area contributed by atoms with Gasteiger partial charge in [0.2, 0.25) is 0 Å². The van der Waals surface area contributed by atoms with Crippen LogP contribution < -0.4 is 4.90 Å². The van der Waals surface area contributed by atoms with Crippen LogP contribution in [-0.4, -0.2) is 15.0 Å². The summed E-state index contributed by atoms with van der Waals surface area (Å²) in [5.41, 5.74) is 16.0. The quantitative estimate of drug-likeness (QED) is 0.193. The van der Waals surface area contributed by atoms with E-state index in [0.717, 1.165) is 73.1 Å². The zero-order valence-corrected chi connectivity index (χ0v) is 34.0. The number of nitrogens with one attached hydrogen (secondary N) is 1. The molecule has 0 aliphatic carbocycles. The molecule has 0 unspecified atom stereocenters. The van der Waals surface area contributed by atoms with Crippen molar-refractivity contribution in [1.29, 1.82) is 0 Å². The molecule has 1 aliphatic heterocycles. The number of aromatic nitrogens is 3. The first-order chi connectivity index (χ1) is 26.6. The molecule has 0 spiro atoms. The fourth-order valence-electron chi connectivity index (χ4n) is 8.00. The number of benzene rings is 5. The monoisotopic (exact) mass is 730 g/mol. The lowest BCUT2D eigenvalue weighted by molar-refractivity contribution is 0.590. The van der Waals surface area contributed by atoms with Gasteiger partial charge in [-0.25, -0.2) is 9.97 Å². The minimum absolute atomic E-state index is 0.0766. The Kier molecular flexibility index (Phi) is 8.14. The summed E-state index contributed by atoms with van der Waals surface area (Å²) in [6.45, 7) is 20.7. The van der Waals surface area contributed by atoms with Gasteiger partial charge in [-0.2, -0.15) is 0 Å². The molecule has 0 atom stereocenters. The molecule has 278 valence electrons. The van der Waals surface area contributed by atoms with E-state index in [9.17, 15) is 0 Å². The summed E-state index contributed by atoms with van der Waals surface area (Å²) in [4.78, 5) is 17.5. The Bertz CT molecular complexity index is 2790. The highest BCUT2D eigenvalue weighted by Gasteiger charge is 2.27. The Hall–Kier alpha value is -6.00. The molecule has 8 aromatic rings. The maximum atomic E-state index is 5.68. The molecule has 3 aromatic heterocycles. The first-order valence-electron chi connectivity index (χ1n) is 19.8. The van der Waals surface area contributed by atoms with Crippen LogP contribution in [0.5, 0.6) is 0 Å². The Balaban J connectivity index is 1.50. The maximum Gasteiger partial charge on any atom is 0.138 e. The van der Waals surface area contributed by atoms with Gasteiger partial charge in [0.15, 0.2) is 0 Å². The zero-order chi connectivity index (χ0) is 39.1. The number of hydrogen-bond acceptors (Lipinski definition) is 3. The van der Waals surface area contributed by atoms with Crippen LogP contribution in [0.25, 0.3) is 66.7 Å². The van der Waals surface area contributed by atoms with Crippen LogP contribution in [-0.2, 0) is 16.2 Å². The minimum atomic E-state index is -0.120. The fourth-order valence-corrected chi connectivity index (χ4v) is 8.00. The lowest BCUT2D eigenvalue weighted by Crippen LogP contribution is -2.16. The molecular formula is C52H50N4. The number of nitrogens with zero attached hydrogens (tertiary/aromatic N) is 3. The second-order valence-electron chi connectivity index (χ2n) is 18.6. The van der Waals surface area contributed by atoms with Gasteiger partial charge in [-0.05, 0) is 123 Å². The van der Waals surface area contributed by atoms with Crippen molar-refractivity contribution in [1.82, 2.24) is 15.0 Å². The Morgan fingerprint density at radius 1 is 0.411 bits per heavy atom. The maximum absolute atomic E-state index is 5.68. The molecule has 9 rings (SSSR count). The van der Waals surface area contributed by atoms with Crippen LogP contribution in [0.1, 0.15) is 79.0 Å². The van der Waals surface area contributed by atoms with Crippen molar-refractivity contribution in [3.63, 3.8) is 0 Å². The van der Waals surface area contributed by atoms with E-state index in [1.165, 1.54) is 27.5 Å². The molecule has 4 heteroatoms. The van der Waals surface area contributed by atoms with Crippen LogP contribution in [0.15, 0.2) is 133 Å². The van der Waals surface area contributed by atoms with Crippen LogP contribution in [0.2, 0.25) is 0 Å². The van der Waals surface area contributed by atoms with E-state index in [-0.39, 0.29) is 16.2 Å². The lowest BCUT2D eigenvalue weighted by Gasteiger charge is -2.29. The average Bonchev–Trinajstić information content (AvgIpc) is 3.55.